The van der Waals surface area contributed by atoms with E-state index >= 15 is 0 Å². The lowest BCUT2D eigenvalue weighted by Crippen LogP contribution is -2.46. The topological polar surface area (TPSA) is 76.5 Å². The average Bonchev–Trinajstić information content (AvgIpc) is 2.89. The van der Waals surface area contributed by atoms with Crippen LogP contribution in [0.2, 0.25) is 5.02 Å². The fourth-order valence-electron chi connectivity index (χ4n) is 5.43. The highest BCUT2D eigenvalue weighted by Crippen LogP contribution is 2.38. The lowest BCUT2D eigenvalue weighted by Gasteiger charge is -2.40. The quantitative estimate of drug-likeness (QED) is 0.334. The number of hydrogen-bond donors (Lipinski definition) is 1. The highest BCUT2D eigenvalue weighted by molar-refractivity contribution is 6.32. The highest BCUT2D eigenvalue weighted by Gasteiger charge is 2.36. The van der Waals surface area contributed by atoms with Crippen LogP contribution in [-0.2, 0) is 24.1 Å². The second-order valence-corrected chi connectivity index (χ2v) is 12.2. The molecule has 3 aromatic rings. The number of alkyl halides is 3. The molecule has 0 bridgehead atoms. The summed E-state index contributed by atoms with van der Waals surface area (Å²) in [5, 5.41) is 2.21. The Bertz CT molecular complexity index is 1440. The lowest BCUT2D eigenvalue weighted by molar-refractivity contribution is -0.137. The zero-order chi connectivity index (χ0) is 29.9. The third-order valence-electron chi connectivity index (χ3n) is 7.32. The van der Waals surface area contributed by atoms with E-state index in [0.29, 0.717) is 18.8 Å². The van der Waals surface area contributed by atoms with Crippen molar-refractivity contribution in [2.24, 2.45) is 5.41 Å². The van der Waals surface area contributed by atoms with Gasteiger partial charge in [0.1, 0.15) is 12.4 Å². The van der Waals surface area contributed by atoms with Crippen LogP contribution in [-0.4, -0.2) is 46.7 Å². The van der Waals surface area contributed by atoms with E-state index in [1.165, 1.54) is 4.57 Å². The first-order valence-electron chi connectivity index (χ1n) is 13.7. The zero-order valence-electron chi connectivity index (χ0n) is 23.7. The minimum atomic E-state index is -4.70. The number of carbonyl (C=O) groups is 1. The molecule has 2 unspecified atom stereocenters. The molecule has 222 valence electrons. The van der Waals surface area contributed by atoms with Gasteiger partial charge in [-0.05, 0) is 56.0 Å². The molecule has 1 saturated heterocycles. The number of aromatic nitrogens is 2. The molecule has 1 aromatic heterocycles. The minimum absolute atomic E-state index is 0.0707. The molecule has 7 nitrogen and oxygen atoms in total. The summed E-state index contributed by atoms with van der Waals surface area (Å²) >= 11 is 6.01. The van der Waals surface area contributed by atoms with E-state index in [1.807, 2.05) is 58.2 Å². The molecule has 11 heteroatoms. The predicted octanol–water partition coefficient (Wildman–Crippen LogP) is 6.61. The smallest absolute Gasteiger partial charge is 0.417 e. The van der Waals surface area contributed by atoms with Gasteiger partial charge in [-0.1, -0.05) is 62.7 Å². The summed E-state index contributed by atoms with van der Waals surface area (Å²) < 4.78 is 47.6. The van der Waals surface area contributed by atoms with Crippen molar-refractivity contribution in [3.8, 4) is 0 Å². The average molecular weight is 593 g/mol. The number of likely N-dealkylation sites (N-methyl/N-ethyl adjacent to an activating group) is 1. The van der Waals surface area contributed by atoms with Gasteiger partial charge in [0.2, 0.25) is 0 Å². The van der Waals surface area contributed by atoms with E-state index < -0.39 is 28.4 Å². The van der Waals surface area contributed by atoms with E-state index in [1.54, 1.807) is 0 Å². The number of piperidine rings is 1. The van der Waals surface area contributed by atoms with E-state index in [9.17, 15) is 22.8 Å². The molecule has 1 fully saturated rings. The molecule has 1 aliphatic heterocycles. The van der Waals surface area contributed by atoms with Crippen molar-refractivity contribution in [1.82, 2.24) is 19.8 Å². The van der Waals surface area contributed by atoms with Crippen LogP contribution in [0.25, 0.3) is 10.9 Å². The molecule has 2 atom stereocenters. The van der Waals surface area contributed by atoms with E-state index in [0.717, 1.165) is 37.1 Å². The number of alkyl carbamates (subject to hydrolysis) is 1. The number of rotatable bonds is 7. The van der Waals surface area contributed by atoms with Gasteiger partial charge in [-0.25, -0.2) is 9.78 Å². The number of ether oxygens (including phenoxy) is 1. The van der Waals surface area contributed by atoms with Crippen LogP contribution < -0.4 is 10.9 Å². The minimum Gasteiger partial charge on any atom is -0.445 e. The number of halogens is 4. The summed E-state index contributed by atoms with van der Waals surface area (Å²) in [5.41, 5.74) is -0.884. The van der Waals surface area contributed by atoms with Gasteiger partial charge < -0.3 is 15.0 Å². The maximum Gasteiger partial charge on any atom is 0.417 e. The Labute approximate surface area is 242 Å². The van der Waals surface area contributed by atoms with Gasteiger partial charge in [0, 0.05) is 25.0 Å². The van der Waals surface area contributed by atoms with Crippen molar-refractivity contribution < 1.29 is 22.7 Å². The molecule has 1 N–H and O–H groups in total. The Morgan fingerprint density at radius 3 is 2.54 bits per heavy atom. The van der Waals surface area contributed by atoms with Crippen LogP contribution in [0.5, 0.6) is 0 Å². The van der Waals surface area contributed by atoms with Gasteiger partial charge in [0.15, 0.2) is 0 Å². The number of amides is 1. The second-order valence-electron chi connectivity index (χ2n) is 11.8. The first-order chi connectivity index (χ1) is 19.2. The number of benzene rings is 2. The van der Waals surface area contributed by atoms with E-state index in [2.05, 4.69) is 10.2 Å². The van der Waals surface area contributed by atoms with Crippen molar-refractivity contribution in [1.29, 1.82) is 0 Å². The Hall–Kier alpha value is -3.11. The lowest BCUT2D eigenvalue weighted by atomic mass is 9.85. The third kappa shape index (κ3) is 7.60. The molecule has 0 spiro atoms. The molecule has 1 amide bonds. The molecule has 2 heterocycles. The highest BCUT2D eigenvalue weighted by atomic mass is 35.5. The normalized spacial score (nSPS) is 18.4. The summed E-state index contributed by atoms with van der Waals surface area (Å²) in [6.07, 6.45) is -3.05. The number of fused-ring (bicyclic) bond motifs is 1. The maximum absolute atomic E-state index is 13.8. The van der Waals surface area contributed by atoms with Crippen molar-refractivity contribution in [2.45, 2.75) is 71.3 Å². The Morgan fingerprint density at radius 1 is 1.17 bits per heavy atom. The number of nitrogens with zero attached hydrogens (tertiary/aromatic N) is 3. The zero-order valence-corrected chi connectivity index (χ0v) is 24.5. The van der Waals surface area contributed by atoms with Gasteiger partial charge in [-0.3, -0.25) is 9.36 Å². The molecule has 2 aromatic carbocycles. The standard InChI is InChI=1S/C30H36ClF3N4O3/c1-29(2,3)18-38-26(36-24-16-23(31)22(30(32,33)34)15-21(24)27(38)39)20-11-8-14-37(4)25(20)12-13-35-28(40)41-17-19-9-6-5-7-10-19/h5-7,9-10,15-16,20,25H,8,11-14,17-18H2,1-4H3,(H,35,40). The van der Waals surface area contributed by atoms with Crippen LogP contribution >= 0.6 is 11.6 Å². The van der Waals surface area contributed by atoms with Gasteiger partial charge in [-0.2, -0.15) is 13.2 Å². The Kier molecular flexibility index (Phi) is 9.33. The number of carbonyl (C=O) groups excluding carboxylic acids is 1. The fraction of sp³-hybridized carbons (Fsp3) is 0.500. The monoisotopic (exact) mass is 592 g/mol. The van der Waals surface area contributed by atoms with Crippen molar-refractivity contribution in [3.05, 3.63) is 74.8 Å². The van der Waals surface area contributed by atoms with E-state index in [4.69, 9.17) is 21.3 Å². The largest absolute Gasteiger partial charge is 0.445 e. The maximum atomic E-state index is 13.8. The van der Waals surface area contributed by atoms with Gasteiger partial charge >= 0.3 is 12.3 Å². The molecule has 4 rings (SSSR count). The predicted molar refractivity (Wildman–Crippen MR) is 153 cm³/mol. The van der Waals surface area contributed by atoms with Crippen LogP contribution in [0.1, 0.15) is 62.9 Å². The molecular formula is C30H36ClF3N4O3. The molecule has 0 saturated carbocycles. The van der Waals surface area contributed by atoms with Gasteiger partial charge in [0.05, 0.1) is 21.5 Å². The van der Waals surface area contributed by atoms with Crippen LogP contribution in [0.15, 0.2) is 47.3 Å². The molecule has 1 aliphatic rings. The fourth-order valence-corrected chi connectivity index (χ4v) is 5.70. The van der Waals surface area contributed by atoms with Crippen molar-refractivity contribution >= 4 is 28.6 Å². The molecule has 0 aliphatic carbocycles. The Balaban J connectivity index is 1.63. The van der Waals surface area contributed by atoms with Crippen LogP contribution in [0.3, 0.4) is 0 Å². The number of nitrogens with one attached hydrogen (secondary N) is 1. The summed E-state index contributed by atoms with van der Waals surface area (Å²) in [6, 6.07) is 11.3. The van der Waals surface area contributed by atoms with E-state index in [-0.39, 0.29) is 41.4 Å². The van der Waals surface area contributed by atoms with Crippen molar-refractivity contribution in [3.63, 3.8) is 0 Å². The second kappa shape index (κ2) is 12.4. The SMILES string of the molecule is CN1CCCC(c2nc3cc(Cl)c(C(F)(F)F)cc3c(=O)n2CC(C)(C)C)C1CCNC(=O)OCc1ccccc1. The summed E-state index contributed by atoms with van der Waals surface area (Å²) in [5.74, 6) is 0.341. The molecular weight excluding hydrogens is 557 g/mol. The first kappa shape index (κ1) is 30.8. The Morgan fingerprint density at radius 2 is 1.88 bits per heavy atom. The summed E-state index contributed by atoms with van der Waals surface area (Å²) in [6.45, 7) is 7.51. The molecule has 41 heavy (non-hydrogen) atoms. The van der Waals surface area contributed by atoms with Crippen LogP contribution in [0, 0.1) is 5.41 Å². The van der Waals surface area contributed by atoms with Crippen molar-refractivity contribution in [2.75, 3.05) is 20.1 Å². The summed E-state index contributed by atoms with van der Waals surface area (Å²) in [7, 11) is 1.99. The van der Waals surface area contributed by atoms with Crippen LogP contribution in [0.4, 0.5) is 18.0 Å². The first-order valence-corrected chi connectivity index (χ1v) is 14.1. The van der Waals surface area contributed by atoms with Gasteiger partial charge in [-0.15, -0.1) is 0 Å². The molecule has 0 radical (unpaired) electrons. The number of hydrogen-bond acceptors (Lipinski definition) is 5. The third-order valence-corrected chi connectivity index (χ3v) is 7.63. The number of likely N-dealkylation sites (tertiary alicyclic amines) is 1. The van der Waals surface area contributed by atoms with Gasteiger partial charge in [0.25, 0.3) is 5.56 Å². The summed E-state index contributed by atoms with van der Waals surface area (Å²) in [4.78, 5) is 33.1.